The molecule has 0 bridgehead atoms. The van der Waals surface area contributed by atoms with Crippen LogP contribution in [0.5, 0.6) is 5.75 Å². The van der Waals surface area contributed by atoms with Gasteiger partial charge >= 0.3 is 5.69 Å². The van der Waals surface area contributed by atoms with Crippen molar-refractivity contribution in [1.29, 1.82) is 0 Å². The van der Waals surface area contributed by atoms with Gasteiger partial charge in [0.1, 0.15) is 5.75 Å². The molecule has 1 heterocycles. The van der Waals surface area contributed by atoms with E-state index in [-0.39, 0.29) is 17.6 Å². The second-order valence-corrected chi connectivity index (χ2v) is 6.74. The van der Waals surface area contributed by atoms with E-state index in [1.165, 1.54) is 0 Å². The number of imidazole rings is 1. The largest absolute Gasteiger partial charge is 0.496 e. The van der Waals surface area contributed by atoms with Crippen molar-refractivity contribution in [2.24, 2.45) is 0 Å². The van der Waals surface area contributed by atoms with Gasteiger partial charge in [0.05, 0.1) is 24.2 Å². The van der Waals surface area contributed by atoms with E-state index in [1.54, 1.807) is 25.3 Å². The number of likely N-dealkylation sites (N-methyl/N-ethyl adjacent to an activating group) is 1. The zero-order valence-corrected chi connectivity index (χ0v) is 15.9. The zero-order valence-electron chi connectivity index (χ0n) is 15.9. The number of H-pyrrole nitrogens is 2. The van der Waals surface area contributed by atoms with Crippen molar-refractivity contribution in [2.75, 3.05) is 19.5 Å². The number of carbonyl (C=O) groups is 1. The number of anilines is 1. The summed E-state index contributed by atoms with van der Waals surface area (Å²) in [6.07, 6.45) is 0. The maximum Gasteiger partial charge on any atom is 0.323 e. The van der Waals surface area contributed by atoms with Crippen LogP contribution in [0.15, 0.2) is 41.2 Å². The van der Waals surface area contributed by atoms with Crippen molar-refractivity contribution in [3.05, 3.63) is 58.0 Å². The first kappa shape index (κ1) is 18.7. The van der Waals surface area contributed by atoms with Gasteiger partial charge in [0.15, 0.2) is 0 Å². The summed E-state index contributed by atoms with van der Waals surface area (Å²) < 4.78 is 5.42. The average molecular weight is 368 g/mol. The lowest BCUT2D eigenvalue weighted by molar-refractivity contribution is -0.120. The Morgan fingerprint density at radius 1 is 1.19 bits per heavy atom. The minimum absolute atomic E-state index is 0.124. The summed E-state index contributed by atoms with van der Waals surface area (Å²) in [5.41, 5.74) is 3.90. The molecule has 0 fully saturated rings. The zero-order chi connectivity index (χ0) is 19.6. The molecule has 0 aliphatic rings. The van der Waals surface area contributed by atoms with Gasteiger partial charge in [-0.15, -0.1) is 0 Å². The highest BCUT2D eigenvalue weighted by Crippen LogP contribution is 2.22. The highest BCUT2D eigenvalue weighted by molar-refractivity contribution is 5.96. The number of benzene rings is 2. The van der Waals surface area contributed by atoms with E-state index in [1.807, 2.05) is 37.9 Å². The summed E-state index contributed by atoms with van der Waals surface area (Å²) in [4.78, 5) is 31.3. The molecule has 0 aliphatic heterocycles. The SMILES string of the molecule is COc1ccc(C)cc1CN(C)[C@@H](C)C(=O)Nc1ccc2[nH]c(=O)[nH]c2c1. The van der Waals surface area contributed by atoms with Gasteiger partial charge < -0.3 is 20.0 Å². The van der Waals surface area contributed by atoms with E-state index in [0.717, 1.165) is 16.9 Å². The molecule has 7 heteroatoms. The molecule has 1 amide bonds. The third-order valence-electron chi connectivity index (χ3n) is 4.68. The summed E-state index contributed by atoms with van der Waals surface area (Å²) >= 11 is 0. The van der Waals surface area contributed by atoms with Crippen LogP contribution < -0.4 is 15.7 Å². The van der Waals surface area contributed by atoms with Crippen LogP contribution in [0.3, 0.4) is 0 Å². The van der Waals surface area contributed by atoms with Crippen LogP contribution in [0.4, 0.5) is 5.69 Å². The predicted molar refractivity (Wildman–Crippen MR) is 106 cm³/mol. The molecule has 0 saturated carbocycles. The Morgan fingerprint density at radius 3 is 2.67 bits per heavy atom. The average Bonchev–Trinajstić information content (AvgIpc) is 3.00. The van der Waals surface area contributed by atoms with E-state index in [0.29, 0.717) is 23.3 Å². The normalized spacial score (nSPS) is 12.3. The van der Waals surface area contributed by atoms with Gasteiger partial charge in [-0.2, -0.15) is 0 Å². The first-order valence-electron chi connectivity index (χ1n) is 8.74. The fourth-order valence-electron chi connectivity index (χ4n) is 2.99. The number of methoxy groups -OCH3 is 1. The lowest BCUT2D eigenvalue weighted by atomic mass is 10.1. The Labute approximate surface area is 157 Å². The number of aryl methyl sites for hydroxylation is 1. The molecule has 7 nitrogen and oxygen atoms in total. The van der Waals surface area contributed by atoms with Gasteiger partial charge in [0.2, 0.25) is 5.91 Å². The highest BCUT2D eigenvalue weighted by Gasteiger charge is 2.20. The highest BCUT2D eigenvalue weighted by atomic mass is 16.5. The molecular weight excluding hydrogens is 344 g/mol. The van der Waals surface area contributed by atoms with Gasteiger partial charge in [-0.05, 0) is 45.2 Å². The number of nitrogens with one attached hydrogen (secondary N) is 3. The quantitative estimate of drug-likeness (QED) is 0.624. The van der Waals surface area contributed by atoms with E-state index >= 15 is 0 Å². The summed E-state index contributed by atoms with van der Waals surface area (Å²) in [6, 6.07) is 10.9. The number of aromatic amines is 2. The third-order valence-corrected chi connectivity index (χ3v) is 4.68. The number of rotatable bonds is 6. The fourth-order valence-corrected chi connectivity index (χ4v) is 2.99. The number of hydrogen-bond donors (Lipinski definition) is 3. The second-order valence-electron chi connectivity index (χ2n) is 6.74. The van der Waals surface area contributed by atoms with E-state index in [9.17, 15) is 9.59 Å². The summed E-state index contributed by atoms with van der Waals surface area (Å²) in [5.74, 6) is 0.684. The van der Waals surface area contributed by atoms with Crippen LogP contribution in [-0.4, -0.2) is 41.0 Å². The van der Waals surface area contributed by atoms with Crippen LogP contribution in [0, 0.1) is 6.92 Å². The van der Waals surface area contributed by atoms with Crippen molar-refractivity contribution < 1.29 is 9.53 Å². The predicted octanol–water partition coefficient (Wildman–Crippen LogP) is 2.63. The number of amides is 1. The maximum atomic E-state index is 12.6. The number of fused-ring (bicyclic) bond motifs is 1. The van der Waals surface area contributed by atoms with Crippen LogP contribution >= 0.6 is 0 Å². The minimum Gasteiger partial charge on any atom is -0.496 e. The van der Waals surface area contributed by atoms with E-state index in [4.69, 9.17) is 4.74 Å². The first-order chi connectivity index (χ1) is 12.9. The summed E-state index contributed by atoms with van der Waals surface area (Å²) in [5, 5.41) is 2.90. The number of nitrogens with zero attached hydrogens (tertiary/aromatic N) is 1. The Morgan fingerprint density at radius 2 is 1.93 bits per heavy atom. The summed E-state index contributed by atoms with van der Waals surface area (Å²) in [7, 11) is 3.55. The molecule has 0 aliphatic carbocycles. The van der Waals surface area contributed by atoms with Crippen LogP contribution in [0.2, 0.25) is 0 Å². The lowest BCUT2D eigenvalue weighted by Gasteiger charge is -2.25. The van der Waals surface area contributed by atoms with Crippen molar-refractivity contribution in [2.45, 2.75) is 26.4 Å². The molecule has 0 spiro atoms. The van der Waals surface area contributed by atoms with E-state index in [2.05, 4.69) is 21.4 Å². The number of aromatic nitrogens is 2. The third kappa shape index (κ3) is 4.20. The Kier molecular flexibility index (Phi) is 5.32. The van der Waals surface area contributed by atoms with Gasteiger partial charge in [-0.1, -0.05) is 17.7 Å². The van der Waals surface area contributed by atoms with Gasteiger partial charge in [0, 0.05) is 17.8 Å². The molecule has 3 N–H and O–H groups in total. The number of ether oxygens (including phenoxy) is 1. The molecule has 3 rings (SSSR count). The minimum atomic E-state index is -0.351. The summed E-state index contributed by atoms with van der Waals surface area (Å²) in [6.45, 7) is 4.47. The standard InChI is InChI=1S/C20H24N4O3/c1-12-5-8-18(27-4)14(9-12)11-24(3)13(2)19(25)21-15-6-7-16-17(10-15)23-20(26)22-16/h5-10,13H,11H2,1-4H3,(H,21,25)(H2,22,23,26)/t13-/m0/s1. The van der Waals surface area contributed by atoms with Crippen LogP contribution in [0.1, 0.15) is 18.1 Å². The molecule has 2 aromatic carbocycles. The number of carbonyl (C=O) groups excluding carboxylic acids is 1. The Balaban J connectivity index is 1.70. The van der Waals surface area contributed by atoms with Gasteiger partial charge in [-0.3, -0.25) is 9.69 Å². The fraction of sp³-hybridized carbons (Fsp3) is 0.300. The first-order valence-corrected chi connectivity index (χ1v) is 8.74. The maximum absolute atomic E-state index is 12.6. The Hall–Kier alpha value is -3.06. The molecule has 1 atom stereocenters. The van der Waals surface area contributed by atoms with Crippen molar-refractivity contribution in [3.8, 4) is 5.75 Å². The van der Waals surface area contributed by atoms with E-state index < -0.39 is 0 Å². The molecule has 27 heavy (non-hydrogen) atoms. The molecule has 0 radical (unpaired) electrons. The molecular formula is C20H24N4O3. The molecule has 3 aromatic rings. The monoisotopic (exact) mass is 368 g/mol. The Bertz CT molecular complexity index is 1020. The van der Waals surface area contributed by atoms with Crippen molar-refractivity contribution in [1.82, 2.24) is 14.9 Å². The second kappa shape index (κ2) is 7.67. The molecule has 1 aromatic heterocycles. The molecule has 142 valence electrons. The van der Waals surface area contributed by atoms with Crippen molar-refractivity contribution in [3.63, 3.8) is 0 Å². The molecule has 0 saturated heterocycles. The van der Waals surface area contributed by atoms with Crippen molar-refractivity contribution >= 4 is 22.6 Å². The topological polar surface area (TPSA) is 90.2 Å². The van der Waals surface area contributed by atoms with Gasteiger partial charge in [-0.25, -0.2) is 4.79 Å². The van der Waals surface area contributed by atoms with Gasteiger partial charge in [0.25, 0.3) is 0 Å². The lowest BCUT2D eigenvalue weighted by Crippen LogP contribution is -2.39. The molecule has 0 unspecified atom stereocenters. The number of hydrogen-bond acceptors (Lipinski definition) is 4. The smallest absolute Gasteiger partial charge is 0.323 e. The van der Waals surface area contributed by atoms with Crippen LogP contribution in [-0.2, 0) is 11.3 Å². The van der Waals surface area contributed by atoms with Crippen LogP contribution in [0.25, 0.3) is 11.0 Å².